The molecule has 0 saturated heterocycles. The van der Waals surface area contributed by atoms with Crippen LogP contribution in [0.5, 0.6) is 5.75 Å². The second-order valence-corrected chi connectivity index (χ2v) is 9.43. The van der Waals surface area contributed by atoms with E-state index in [9.17, 15) is 13.2 Å². The van der Waals surface area contributed by atoms with Crippen molar-refractivity contribution in [3.05, 3.63) is 65.9 Å². The van der Waals surface area contributed by atoms with Crippen molar-refractivity contribution in [2.24, 2.45) is 0 Å². The Bertz CT molecular complexity index is 1090. The molecule has 1 heterocycles. The molecule has 0 fully saturated rings. The highest BCUT2D eigenvalue weighted by Crippen LogP contribution is 2.37. The molecule has 35 heavy (non-hydrogen) atoms. The number of anilines is 4. The smallest absolute Gasteiger partial charge is 0.421 e. The van der Waals surface area contributed by atoms with Gasteiger partial charge in [0.05, 0.1) is 6.61 Å². The lowest BCUT2D eigenvalue weighted by Gasteiger charge is -2.24. The molecule has 0 spiro atoms. The number of rotatable bonds is 10. The number of hydrogen-bond acceptors (Lipinski definition) is 5. The standard InChI is InChI=1S/C27H33F3N4O/c1-5-6-7-10-17-35-20-15-13-19(14-16-20)32-25-31-18-22(27(28,29)30)24(34-25)33-23-12-9-8-11-21(23)26(2,3)4/h8-9,11-16,18H,5-7,10,17H2,1-4H3,(H2,31,32,33,34). The van der Waals surface area contributed by atoms with E-state index in [2.05, 4.69) is 27.5 Å². The zero-order chi connectivity index (χ0) is 25.5. The Kier molecular flexibility index (Phi) is 8.59. The van der Waals surface area contributed by atoms with Gasteiger partial charge in [-0.1, -0.05) is 65.2 Å². The van der Waals surface area contributed by atoms with Crippen LogP contribution in [0.3, 0.4) is 0 Å². The summed E-state index contributed by atoms with van der Waals surface area (Å²) in [6, 6.07) is 14.5. The Hall–Kier alpha value is -3.29. The Morgan fingerprint density at radius 2 is 1.57 bits per heavy atom. The molecule has 0 unspecified atom stereocenters. The molecule has 0 aliphatic rings. The summed E-state index contributed by atoms with van der Waals surface area (Å²) in [6.45, 7) is 8.83. The highest BCUT2D eigenvalue weighted by Gasteiger charge is 2.35. The molecule has 188 valence electrons. The van der Waals surface area contributed by atoms with Gasteiger partial charge < -0.3 is 15.4 Å². The van der Waals surface area contributed by atoms with Crippen LogP contribution in [0.15, 0.2) is 54.7 Å². The van der Waals surface area contributed by atoms with Crippen LogP contribution in [-0.4, -0.2) is 16.6 Å². The second-order valence-electron chi connectivity index (χ2n) is 9.43. The van der Waals surface area contributed by atoms with Gasteiger partial charge in [-0.15, -0.1) is 0 Å². The van der Waals surface area contributed by atoms with Gasteiger partial charge in [0, 0.05) is 17.6 Å². The average Bonchev–Trinajstić information content (AvgIpc) is 2.79. The maximum Gasteiger partial charge on any atom is 0.421 e. The molecule has 0 atom stereocenters. The van der Waals surface area contributed by atoms with E-state index in [0.29, 0.717) is 18.0 Å². The third kappa shape index (κ3) is 7.60. The third-order valence-corrected chi connectivity index (χ3v) is 5.46. The van der Waals surface area contributed by atoms with Gasteiger partial charge in [0.2, 0.25) is 5.95 Å². The summed E-state index contributed by atoms with van der Waals surface area (Å²) in [7, 11) is 0. The molecular weight excluding hydrogens is 453 g/mol. The second kappa shape index (κ2) is 11.4. The van der Waals surface area contributed by atoms with Crippen LogP contribution >= 0.6 is 0 Å². The first-order valence-corrected chi connectivity index (χ1v) is 11.9. The van der Waals surface area contributed by atoms with Gasteiger partial charge in [0.25, 0.3) is 0 Å². The zero-order valence-corrected chi connectivity index (χ0v) is 20.7. The summed E-state index contributed by atoms with van der Waals surface area (Å²) in [6.07, 6.45) is 0.697. The summed E-state index contributed by atoms with van der Waals surface area (Å²) in [5.41, 5.74) is 0.889. The normalized spacial score (nSPS) is 11.9. The van der Waals surface area contributed by atoms with Crippen molar-refractivity contribution in [3.8, 4) is 5.75 Å². The SMILES string of the molecule is CCCCCCOc1ccc(Nc2ncc(C(F)(F)F)c(Nc3ccccc3C(C)(C)C)n2)cc1. The van der Waals surface area contributed by atoms with E-state index in [1.807, 2.05) is 45.0 Å². The number of alkyl halides is 3. The predicted molar refractivity (Wildman–Crippen MR) is 135 cm³/mol. The highest BCUT2D eigenvalue weighted by molar-refractivity contribution is 5.66. The Balaban J connectivity index is 1.79. The van der Waals surface area contributed by atoms with Crippen molar-refractivity contribution >= 4 is 23.1 Å². The lowest BCUT2D eigenvalue weighted by atomic mass is 9.86. The molecule has 1 aromatic heterocycles. The molecule has 3 rings (SSSR count). The van der Waals surface area contributed by atoms with E-state index in [0.717, 1.165) is 30.4 Å². The Morgan fingerprint density at radius 3 is 2.23 bits per heavy atom. The van der Waals surface area contributed by atoms with Crippen LogP contribution in [0.1, 0.15) is 64.5 Å². The molecule has 0 saturated carbocycles. The van der Waals surface area contributed by atoms with Crippen molar-refractivity contribution < 1.29 is 17.9 Å². The molecular formula is C27H33F3N4O. The van der Waals surface area contributed by atoms with Crippen LogP contribution in [0.25, 0.3) is 0 Å². The Labute approximate surface area is 205 Å². The minimum atomic E-state index is -4.60. The van der Waals surface area contributed by atoms with E-state index in [-0.39, 0.29) is 17.2 Å². The molecule has 0 aliphatic carbocycles. The van der Waals surface area contributed by atoms with Gasteiger partial charge in [-0.3, -0.25) is 0 Å². The van der Waals surface area contributed by atoms with E-state index in [1.165, 1.54) is 12.8 Å². The number of aromatic nitrogens is 2. The van der Waals surface area contributed by atoms with Gasteiger partial charge in [0.15, 0.2) is 0 Å². The van der Waals surface area contributed by atoms with Crippen LogP contribution in [0.2, 0.25) is 0 Å². The van der Waals surface area contributed by atoms with Gasteiger partial charge in [-0.25, -0.2) is 4.98 Å². The molecule has 2 N–H and O–H groups in total. The average molecular weight is 487 g/mol. The number of hydrogen-bond donors (Lipinski definition) is 2. The van der Waals surface area contributed by atoms with Crippen molar-refractivity contribution in [2.75, 3.05) is 17.2 Å². The fourth-order valence-electron chi connectivity index (χ4n) is 3.60. The summed E-state index contributed by atoms with van der Waals surface area (Å²) < 4.78 is 46.9. The first kappa shape index (κ1) is 26.3. The maximum absolute atomic E-state index is 13.7. The summed E-state index contributed by atoms with van der Waals surface area (Å²) >= 11 is 0. The van der Waals surface area contributed by atoms with E-state index in [4.69, 9.17) is 4.74 Å². The minimum absolute atomic E-state index is 0.0574. The topological polar surface area (TPSA) is 59.1 Å². The largest absolute Gasteiger partial charge is 0.494 e. The molecule has 5 nitrogen and oxygen atoms in total. The van der Waals surface area contributed by atoms with Crippen molar-refractivity contribution in [2.45, 2.75) is 65.0 Å². The zero-order valence-electron chi connectivity index (χ0n) is 20.7. The van der Waals surface area contributed by atoms with Crippen LogP contribution in [0.4, 0.5) is 36.3 Å². The van der Waals surface area contributed by atoms with Crippen LogP contribution < -0.4 is 15.4 Å². The Morgan fingerprint density at radius 1 is 0.857 bits per heavy atom. The van der Waals surface area contributed by atoms with Crippen molar-refractivity contribution in [1.82, 2.24) is 9.97 Å². The number of unbranched alkanes of at least 4 members (excludes halogenated alkanes) is 3. The van der Waals surface area contributed by atoms with E-state index >= 15 is 0 Å². The number of benzene rings is 2. The number of halogens is 3. The minimum Gasteiger partial charge on any atom is -0.494 e. The monoisotopic (exact) mass is 486 g/mol. The van der Waals surface area contributed by atoms with Gasteiger partial charge >= 0.3 is 6.18 Å². The lowest BCUT2D eigenvalue weighted by molar-refractivity contribution is -0.137. The number of para-hydroxylation sites is 1. The van der Waals surface area contributed by atoms with E-state index in [1.54, 1.807) is 24.3 Å². The summed E-state index contributed by atoms with van der Waals surface area (Å²) in [4.78, 5) is 8.07. The molecule has 0 aliphatic heterocycles. The summed E-state index contributed by atoms with van der Waals surface area (Å²) in [5, 5.41) is 5.88. The van der Waals surface area contributed by atoms with Crippen molar-refractivity contribution in [3.63, 3.8) is 0 Å². The van der Waals surface area contributed by atoms with Gasteiger partial charge in [-0.05, 0) is 47.7 Å². The van der Waals surface area contributed by atoms with Gasteiger partial charge in [0.1, 0.15) is 17.1 Å². The molecule has 2 aromatic carbocycles. The van der Waals surface area contributed by atoms with Crippen molar-refractivity contribution in [1.29, 1.82) is 0 Å². The third-order valence-electron chi connectivity index (χ3n) is 5.46. The van der Waals surface area contributed by atoms with Gasteiger partial charge in [-0.2, -0.15) is 18.2 Å². The number of nitrogens with zero attached hydrogens (tertiary/aromatic N) is 2. The van der Waals surface area contributed by atoms with E-state index < -0.39 is 11.7 Å². The molecule has 3 aromatic rings. The predicted octanol–water partition coefficient (Wildman–Crippen LogP) is 8.24. The quantitative estimate of drug-likeness (QED) is 0.283. The fraction of sp³-hybridized carbons (Fsp3) is 0.407. The van der Waals surface area contributed by atoms with Crippen LogP contribution in [-0.2, 0) is 11.6 Å². The molecule has 0 radical (unpaired) electrons. The van der Waals surface area contributed by atoms with Crippen LogP contribution in [0, 0.1) is 0 Å². The fourth-order valence-corrected chi connectivity index (χ4v) is 3.60. The first-order chi connectivity index (χ1) is 16.6. The molecule has 0 amide bonds. The lowest BCUT2D eigenvalue weighted by Crippen LogP contribution is -2.16. The highest BCUT2D eigenvalue weighted by atomic mass is 19.4. The number of nitrogens with one attached hydrogen (secondary N) is 2. The molecule has 0 bridgehead atoms. The molecule has 8 heteroatoms. The maximum atomic E-state index is 13.7. The number of ether oxygens (including phenoxy) is 1. The first-order valence-electron chi connectivity index (χ1n) is 11.9. The summed E-state index contributed by atoms with van der Waals surface area (Å²) in [5.74, 6) is 0.488.